The molecule has 0 spiro atoms. The predicted molar refractivity (Wildman–Crippen MR) is 135 cm³/mol. The van der Waals surface area contributed by atoms with Gasteiger partial charge in [0.05, 0.1) is 6.54 Å². The number of nitrogens with zero attached hydrogens (tertiary/aromatic N) is 4. The summed E-state index contributed by atoms with van der Waals surface area (Å²) in [5.41, 5.74) is 6.00. The number of hydrogen-bond donors (Lipinski definition) is 0. The van der Waals surface area contributed by atoms with Crippen LogP contribution in [0.2, 0.25) is 0 Å². The van der Waals surface area contributed by atoms with E-state index >= 15 is 0 Å². The summed E-state index contributed by atoms with van der Waals surface area (Å²) < 4.78 is 7.53. The first-order chi connectivity index (χ1) is 16.0. The minimum absolute atomic E-state index is 0.285. The van der Waals surface area contributed by atoms with Gasteiger partial charge < -0.3 is 14.2 Å². The van der Waals surface area contributed by atoms with Crippen LogP contribution in [0.4, 0.5) is 4.79 Å². The average Bonchev–Trinajstić information content (AvgIpc) is 3.09. The van der Waals surface area contributed by atoms with Gasteiger partial charge in [0.1, 0.15) is 11.4 Å². The van der Waals surface area contributed by atoms with E-state index < -0.39 is 5.60 Å². The molecule has 3 aromatic rings. The Kier molecular flexibility index (Phi) is 7.78. The lowest BCUT2D eigenvalue weighted by atomic mass is 10.1. The van der Waals surface area contributed by atoms with Gasteiger partial charge in [-0.3, -0.25) is 4.98 Å². The average molecular weight is 459 g/mol. The highest BCUT2D eigenvalue weighted by atomic mass is 16.6. The summed E-state index contributed by atoms with van der Waals surface area (Å²) in [6.07, 6.45) is 4.86. The first-order valence-corrected chi connectivity index (χ1v) is 11.5. The number of pyridine rings is 2. The normalized spacial score (nSPS) is 11.0. The summed E-state index contributed by atoms with van der Waals surface area (Å²) in [7, 11) is 1.68. The number of carbonyl (C=O) groups is 1. The van der Waals surface area contributed by atoms with E-state index in [1.807, 2.05) is 33.0 Å². The standard InChI is InChI=1S/C28H34N4O2/c1-20-15-25(30-26(16-20)32-21(2)10-11-22(32)3)13-12-24-17-23(18-29-19-24)9-8-14-31(7)27(33)34-28(4,5)6/h10-11,15-19H,12-14H2,1-7H3. The zero-order chi connectivity index (χ0) is 24.9. The molecule has 0 fully saturated rings. The summed E-state index contributed by atoms with van der Waals surface area (Å²) in [4.78, 5) is 22.8. The molecule has 0 unspecified atom stereocenters. The zero-order valence-electron chi connectivity index (χ0n) is 21.3. The predicted octanol–water partition coefficient (Wildman–Crippen LogP) is 5.20. The molecular weight excluding hydrogens is 424 g/mol. The molecule has 0 atom stereocenters. The van der Waals surface area contributed by atoms with Gasteiger partial charge in [-0.2, -0.15) is 0 Å². The number of ether oxygens (including phenoxy) is 1. The minimum atomic E-state index is -0.524. The summed E-state index contributed by atoms with van der Waals surface area (Å²) in [6.45, 7) is 12.1. The van der Waals surface area contributed by atoms with E-state index in [4.69, 9.17) is 9.72 Å². The Bertz CT molecular complexity index is 1210. The summed E-state index contributed by atoms with van der Waals surface area (Å²) >= 11 is 0. The van der Waals surface area contributed by atoms with Crippen LogP contribution in [-0.4, -0.2) is 44.7 Å². The Balaban J connectivity index is 1.65. The molecular formula is C28H34N4O2. The third-order valence-corrected chi connectivity index (χ3v) is 5.23. The number of carbonyl (C=O) groups excluding carboxylic acids is 1. The van der Waals surface area contributed by atoms with Crippen molar-refractivity contribution in [1.82, 2.24) is 19.4 Å². The van der Waals surface area contributed by atoms with Gasteiger partial charge in [-0.25, -0.2) is 9.78 Å². The van der Waals surface area contributed by atoms with Crippen LogP contribution in [0.3, 0.4) is 0 Å². The molecule has 6 nitrogen and oxygen atoms in total. The van der Waals surface area contributed by atoms with Crippen LogP contribution in [0.5, 0.6) is 0 Å². The monoisotopic (exact) mass is 458 g/mol. The van der Waals surface area contributed by atoms with Crippen LogP contribution in [0.15, 0.2) is 42.7 Å². The molecule has 0 aliphatic carbocycles. The van der Waals surface area contributed by atoms with E-state index in [-0.39, 0.29) is 12.6 Å². The molecule has 0 saturated heterocycles. The van der Waals surface area contributed by atoms with Gasteiger partial charge in [-0.1, -0.05) is 11.8 Å². The smallest absolute Gasteiger partial charge is 0.410 e. The fraction of sp³-hybridized carbons (Fsp3) is 0.393. The van der Waals surface area contributed by atoms with Gasteiger partial charge in [-0.15, -0.1) is 0 Å². The van der Waals surface area contributed by atoms with E-state index in [2.05, 4.69) is 66.4 Å². The highest BCUT2D eigenvalue weighted by Gasteiger charge is 2.18. The zero-order valence-corrected chi connectivity index (χ0v) is 21.3. The Morgan fingerprint density at radius 1 is 1.06 bits per heavy atom. The van der Waals surface area contributed by atoms with Gasteiger partial charge in [0.2, 0.25) is 0 Å². The second-order valence-electron chi connectivity index (χ2n) is 9.67. The van der Waals surface area contributed by atoms with Crippen molar-refractivity contribution < 1.29 is 9.53 Å². The largest absolute Gasteiger partial charge is 0.444 e. The van der Waals surface area contributed by atoms with Crippen molar-refractivity contribution in [2.45, 2.75) is 60.0 Å². The number of hydrogen-bond acceptors (Lipinski definition) is 4. The Morgan fingerprint density at radius 2 is 1.76 bits per heavy atom. The number of rotatable bonds is 5. The van der Waals surface area contributed by atoms with Crippen LogP contribution >= 0.6 is 0 Å². The maximum absolute atomic E-state index is 12.1. The quantitative estimate of drug-likeness (QED) is 0.493. The van der Waals surface area contributed by atoms with Crippen molar-refractivity contribution in [3.8, 4) is 17.7 Å². The lowest BCUT2D eigenvalue weighted by molar-refractivity contribution is 0.0321. The summed E-state index contributed by atoms with van der Waals surface area (Å²) in [5.74, 6) is 7.09. The van der Waals surface area contributed by atoms with Crippen molar-refractivity contribution in [3.63, 3.8) is 0 Å². The second kappa shape index (κ2) is 10.6. The van der Waals surface area contributed by atoms with Crippen LogP contribution < -0.4 is 0 Å². The Morgan fingerprint density at radius 3 is 2.44 bits per heavy atom. The van der Waals surface area contributed by atoms with Crippen molar-refractivity contribution in [2.24, 2.45) is 0 Å². The Labute approximate surface area is 203 Å². The molecule has 0 radical (unpaired) electrons. The van der Waals surface area contributed by atoms with Crippen molar-refractivity contribution in [1.29, 1.82) is 0 Å². The fourth-order valence-electron chi connectivity index (χ4n) is 3.62. The molecule has 0 bridgehead atoms. The lowest BCUT2D eigenvalue weighted by Gasteiger charge is -2.23. The molecule has 34 heavy (non-hydrogen) atoms. The highest BCUT2D eigenvalue weighted by Crippen LogP contribution is 2.17. The molecule has 6 heteroatoms. The van der Waals surface area contributed by atoms with Gasteiger partial charge in [0, 0.05) is 42.1 Å². The number of amides is 1. The lowest BCUT2D eigenvalue weighted by Crippen LogP contribution is -2.34. The SMILES string of the molecule is Cc1cc(CCc2cncc(C#CCN(C)C(=O)OC(C)(C)C)c2)nc(-n2c(C)ccc2C)c1. The molecule has 0 aliphatic heterocycles. The van der Waals surface area contributed by atoms with Crippen molar-refractivity contribution >= 4 is 6.09 Å². The molecule has 0 aromatic carbocycles. The molecule has 0 saturated carbocycles. The fourth-order valence-corrected chi connectivity index (χ4v) is 3.62. The van der Waals surface area contributed by atoms with Crippen LogP contribution in [-0.2, 0) is 17.6 Å². The Hall–Kier alpha value is -3.59. The van der Waals surface area contributed by atoms with Crippen LogP contribution in [0.1, 0.15) is 54.5 Å². The second-order valence-corrected chi connectivity index (χ2v) is 9.67. The minimum Gasteiger partial charge on any atom is -0.444 e. The first kappa shape index (κ1) is 25.0. The molecule has 3 rings (SSSR count). The first-order valence-electron chi connectivity index (χ1n) is 11.5. The maximum Gasteiger partial charge on any atom is 0.410 e. The van der Waals surface area contributed by atoms with Crippen molar-refractivity contribution in [2.75, 3.05) is 13.6 Å². The van der Waals surface area contributed by atoms with E-state index in [9.17, 15) is 4.79 Å². The third-order valence-electron chi connectivity index (χ3n) is 5.23. The molecule has 3 aromatic heterocycles. The van der Waals surface area contributed by atoms with E-state index in [1.54, 1.807) is 13.2 Å². The number of aromatic nitrogens is 3. The van der Waals surface area contributed by atoms with Crippen LogP contribution in [0.25, 0.3) is 5.82 Å². The van der Waals surface area contributed by atoms with Gasteiger partial charge in [0.25, 0.3) is 0 Å². The van der Waals surface area contributed by atoms with E-state index in [0.29, 0.717) is 0 Å². The molecule has 178 valence electrons. The third kappa shape index (κ3) is 6.95. The molecule has 1 amide bonds. The van der Waals surface area contributed by atoms with Crippen LogP contribution in [0, 0.1) is 32.6 Å². The summed E-state index contributed by atoms with van der Waals surface area (Å²) in [6, 6.07) is 10.5. The van der Waals surface area contributed by atoms with Gasteiger partial charge >= 0.3 is 6.09 Å². The van der Waals surface area contributed by atoms with E-state index in [1.165, 1.54) is 21.9 Å². The van der Waals surface area contributed by atoms with Gasteiger partial charge in [0.15, 0.2) is 0 Å². The summed E-state index contributed by atoms with van der Waals surface area (Å²) in [5, 5.41) is 0. The van der Waals surface area contributed by atoms with Gasteiger partial charge in [-0.05, 0) is 95.8 Å². The topological polar surface area (TPSA) is 60.3 Å². The molecule has 0 N–H and O–H groups in total. The highest BCUT2D eigenvalue weighted by molar-refractivity contribution is 5.68. The number of aryl methyl sites for hydroxylation is 5. The molecule has 0 aliphatic rings. The van der Waals surface area contributed by atoms with Crippen molar-refractivity contribution in [3.05, 3.63) is 76.5 Å². The maximum atomic E-state index is 12.1. The van der Waals surface area contributed by atoms with E-state index in [0.717, 1.165) is 35.5 Å². The molecule has 3 heterocycles.